The van der Waals surface area contributed by atoms with Crippen molar-refractivity contribution in [3.8, 4) is 0 Å². The van der Waals surface area contributed by atoms with Crippen LogP contribution >= 0.6 is 0 Å². The smallest absolute Gasteiger partial charge is 0.335 e. The molecule has 0 aliphatic carbocycles. The van der Waals surface area contributed by atoms with E-state index in [4.69, 9.17) is 35.7 Å². The van der Waals surface area contributed by atoms with E-state index in [2.05, 4.69) is 0 Å². The van der Waals surface area contributed by atoms with Crippen molar-refractivity contribution in [2.75, 3.05) is 6.61 Å². The van der Waals surface area contributed by atoms with Crippen LogP contribution in [0.2, 0.25) is 0 Å². The van der Waals surface area contributed by atoms with Crippen molar-refractivity contribution < 1.29 is 40.5 Å². The van der Waals surface area contributed by atoms with Gasteiger partial charge in [-0.3, -0.25) is 0 Å². The Balaban J connectivity index is 4.42. The molecule has 0 saturated heterocycles. The highest BCUT2D eigenvalue weighted by Gasteiger charge is 2.36. The number of carboxylic acid groups (broad SMARTS) is 1. The molecular formula is C7H14O8. The second-order valence-electron chi connectivity index (χ2n) is 3.00. The molecular weight excluding hydrogens is 212 g/mol. The van der Waals surface area contributed by atoms with E-state index in [0.717, 1.165) is 0 Å². The second kappa shape index (κ2) is 5.95. The maximum absolute atomic E-state index is 10.2. The monoisotopic (exact) mass is 226 g/mol. The summed E-state index contributed by atoms with van der Waals surface area (Å²) in [5.41, 5.74) is 0. The first-order valence-electron chi connectivity index (χ1n) is 4.07. The van der Waals surface area contributed by atoms with Crippen molar-refractivity contribution >= 4 is 5.97 Å². The average Bonchev–Trinajstić information content (AvgIpc) is 2.23. The summed E-state index contributed by atoms with van der Waals surface area (Å²) in [7, 11) is 0. The van der Waals surface area contributed by atoms with E-state index in [1.165, 1.54) is 0 Å². The van der Waals surface area contributed by atoms with Gasteiger partial charge in [0.2, 0.25) is 0 Å². The minimum Gasteiger partial charge on any atom is -0.479 e. The van der Waals surface area contributed by atoms with Gasteiger partial charge in [-0.05, 0) is 0 Å². The van der Waals surface area contributed by atoms with Crippen LogP contribution in [0.3, 0.4) is 0 Å². The number of aliphatic carboxylic acids is 1. The first-order valence-corrected chi connectivity index (χ1v) is 4.07. The largest absolute Gasteiger partial charge is 0.479 e. The van der Waals surface area contributed by atoms with E-state index in [-0.39, 0.29) is 0 Å². The number of carboxylic acids is 1. The van der Waals surface area contributed by atoms with Gasteiger partial charge in [-0.15, -0.1) is 0 Å². The van der Waals surface area contributed by atoms with Gasteiger partial charge in [-0.2, -0.15) is 0 Å². The molecule has 0 spiro atoms. The molecule has 90 valence electrons. The number of hydrogen-bond donors (Lipinski definition) is 7. The Hall–Kier alpha value is -0.770. The number of rotatable bonds is 6. The lowest BCUT2D eigenvalue weighted by Gasteiger charge is -2.26. The Morgan fingerprint density at radius 1 is 0.933 bits per heavy atom. The SMILES string of the molecule is O=C(O)[C@H](O)[C@H](O)[C@@H](O)[C@H](O)[C@@H](O)CO. The Morgan fingerprint density at radius 2 is 1.40 bits per heavy atom. The molecule has 15 heavy (non-hydrogen) atoms. The van der Waals surface area contributed by atoms with Gasteiger partial charge < -0.3 is 35.7 Å². The fraction of sp³-hybridized carbons (Fsp3) is 0.857. The maximum atomic E-state index is 10.2. The van der Waals surface area contributed by atoms with Gasteiger partial charge in [-0.1, -0.05) is 0 Å². The molecule has 0 aliphatic rings. The zero-order chi connectivity index (χ0) is 12.2. The molecule has 7 N–H and O–H groups in total. The number of aliphatic hydroxyl groups excluding tert-OH is 6. The molecule has 5 atom stereocenters. The fourth-order valence-corrected chi connectivity index (χ4v) is 0.870. The normalized spacial score (nSPS) is 21.5. The van der Waals surface area contributed by atoms with Crippen LogP contribution in [0.25, 0.3) is 0 Å². The van der Waals surface area contributed by atoms with Crippen LogP contribution < -0.4 is 0 Å². The lowest BCUT2D eigenvalue weighted by molar-refractivity contribution is -0.169. The topological polar surface area (TPSA) is 159 Å². The highest BCUT2D eigenvalue weighted by Crippen LogP contribution is 2.08. The maximum Gasteiger partial charge on any atom is 0.335 e. The summed E-state index contributed by atoms with van der Waals surface area (Å²) in [5.74, 6) is -1.78. The predicted octanol–water partition coefficient (Wildman–Crippen LogP) is -4.13. The van der Waals surface area contributed by atoms with Crippen LogP contribution in [0.15, 0.2) is 0 Å². The summed E-state index contributed by atoms with van der Waals surface area (Å²) in [6.07, 6.45) is -10.2. The van der Waals surface area contributed by atoms with Crippen LogP contribution in [-0.2, 0) is 4.79 Å². The van der Waals surface area contributed by atoms with E-state index in [1.54, 1.807) is 0 Å². The third kappa shape index (κ3) is 3.70. The first kappa shape index (κ1) is 14.2. The molecule has 0 rings (SSSR count). The highest BCUT2D eigenvalue weighted by molar-refractivity contribution is 5.72. The third-order valence-corrected chi connectivity index (χ3v) is 1.86. The molecule has 0 aromatic carbocycles. The lowest BCUT2D eigenvalue weighted by Crippen LogP contribution is -2.51. The molecule has 8 nitrogen and oxygen atoms in total. The Labute approximate surface area is 84.7 Å². The Bertz CT molecular complexity index is 207. The van der Waals surface area contributed by atoms with Crippen LogP contribution in [0.4, 0.5) is 0 Å². The van der Waals surface area contributed by atoms with Crippen molar-refractivity contribution in [2.45, 2.75) is 30.5 Å². The van der Waals surface area contributed by atoms with Gasteiger partial charge in [0.05, 0.1) is 6.61 Å². The first-order chi connectivity index (χ1) is 6.82. The predicted molar refractivity (Wildman–Crippen MR) is 44.8 cm³/mol. The average molecular weight is 226 g/mol. The van der Waals surface area contributed by atoms with Gasteiger partial charge in [0.1, 0.15) is 24.4 Å². The zero-order valence-corrected chi connectivity index (χ0v) is 7.63. The molecule has 0 radical (unpaired) electrons. The summed E-state index contributed by atoms with van der Waals surface area (Å²) in [4.78, 5) is 10.2. The minimum atomic E-state index is -2.29. The van der Waals surface area contributed by atoms with E-state index < -0.39 is 43.1 Å². The quantitative estimate of drug-likeness (QED) is 0.240. The van der Waals surface area contributed by atoms with Crippen molar-refractivity contribution in [1.29, 1.82) is 0 Å². The number of hydrogen-bond acceptors (Lipinski definition) is 7. The molecule has 0 amide bonds. The van der Waals surface area contributed by atoms with Crippen LogP contribution in [0.5, 0.6) is 0 Å². The molecule has 0 bridgehead atoms. The summed E-state index contributed by atoms with van der Waals surface area (Å²) >= 11 is 0. The minimum absolute atomic E-state index is 0.881. The van der Waals surface area contributed by atoms with Gasteiger partial charge in [-0.25, -0.2) is 4.79 Å². The molecule has 8 heteroatoms. The van der Waals surface area contributed by atoms with Crippen LogP contribution in [0, 0.1) is 0 Å². The number of carbonyl (C=O) groups is 1. The van der Waals surface area contributed by atoms with E-state index in [1.807, 2.05) is 0 Å². The summed E-state index contributed by atoms with van der Waals surface area (Å²) in [6.45, 7) is -0.881. The molecule has 0 aromatic heterocycles. The molecule has 0 fully saturated rings. The standard InChI is InChI=1S/C7H14O8/c8-1-2(9)3(10)4(11)5(12)6(13)7(14)15/h2-6,8-13H,1H2,(H,14,15)/t2-,3+,4-,5+,6+/m0/s1. The highest BCUT2D eigenvalue weighted by atomic mass is 16.4. The molecule has 0 aliphatic heterocycles. The van der Waals surface area contributed by atoms with E-state index in [9.17, 15) is 4.79 Å². The van der Waals surface area contributed by atoms with Crippen molar-refractivity contribution in [1.82, 2.24) is 0 Å². The Morgan fingerprint density at radius 3 is 1.73 bits per heavy atom. The van der Waals surface area contributed by atoms with Gasteiger partial charge in [0, 0.05) is 0 Å². The summed E-state index contributed by atoms with van der Waals surface area (Å²) in [5, 5.41) is 61.5. The van der Waals surface area contributed by atoms with E-state index >= 15 is 0 Å². The zero-order valence-electron chi connectivity index (χ0n) is 7.63. The molecule has 0 aromatic rings. The third-order valence-electron chi connectivity index (χ3n) is 1.86. The number of aliphatic hydroxyl groups is 6. The molecule has 0 saturated carbocycles. The molecule has 0 heterocycles. The van der Waals surface area contributed by atoms with Crippen molar-refractivity contribution in [3.05, 3.63) is 0 Å². The van der Waals surface area contributed by atoms with Crippen molar-refractivity contribution in [3.63, 3.8) is 0 Å². The second-order valence-corrected chi connectivity index (χ2v) is 3.00. The summed E-state index contributed by atoms with van der Waals surface area (Å²) < 4.78 is 0. The van der Waals surface area contributed by atoms with Crippen molar-refractivity contribution in [2.24, 2.45) is 0 Å². The Kier molecular flexibility index (Phi) is 5.65. The van der Waals surface area contributed by atoms with Crippen LogP contribution in [0.1, 0.15) is 0 Å². The fourth-order valence-electron chi connectivity index (χ4n) is 0.870. The lowest BCUT2D eigenvalue weighted by atomic mass is 9.99. The van der Waals surface area contributed by atoms with E-state index in [0.29, 0.717) is 0 Å². The van der Waals surface area contributed by atoms with Crippen LogP contribution in [-0.4, -0.2) is 78.8 Å². The van der Waals surface area contributed by atoms with Gasteiger partial charge in [0.25, 0.3) is 0 Å². The summed E-state index contributed by atoms with van der Waals surface area (Å²) in [6, 6.07) is 0. The van der Waals surface area contributed by atoms with Gasteiger partial charge in [0.15, 0.2) is 6.10 Å². The van der Waals surface area contributed by atoms with Gasteiger partial charge >= 0.3 is 5.97 Å². The molecule has 0 unspecified atom stereocenters.